The molecule has 0 unspecified atom stereocenters. The molecule has 10 heteroatoms. The minimum Gasteiger partial charge on any atom is -0.379 e. The van der Waals surface area contributed by atoms with Crippen LogP contribution in [0.2, 0.25) is 5.02 Å². The SMILES string of the molecule is O=S(=O)(c1cc(C(F)(F)F)ccc1Cl)N(CCN1CCOCC1)c1ccccc1. The summed E-state index contributed by atoms with van der Waals surface area (Å²) in [7, 11) is -4.32. The number of halogens is 4. The molecule has 3 rings (SSSR count). The van der Waals surface area contributed by atoms with Crippen LogP contribution in [0.25, 0.3) is 0 Å². The number of hydrogen-bond donors (Lipinski definition) is 0. The fourth-order valence-corrected chi connectivity index (χ4v) is 4.99. The molecule has 1 saturated heterocycles. The van der Waals surface area contributed by atoms with E-state index in [4.69, 9.17) is 16.3 Å². The maximum absolute atomic E-state index is 13.3. The molecular weight excluding hydrogens is 429 g/mol. The summed E-state index contributed by atoms with van der Waals surface area (Å²) in [5.41, 5.74) is -0.712. The number of benzene rings is 2. The maximum atomic E-state index is 13.3. The van der Waals surface area contributed by atoms with Gasteiger partial charge >= 0.3 is 6.18 Å². The lowest BCUT2D eigenvalue weighted by atomic mass is 10.2. The first kappa shape index (κ1) is 21.9. The molecule has 1 heterocycles. The van der Waals surface area contributed by atoms with E-state index in [1.54, 1.807) is 30.3 Å². The van der Waals surface area contributed by atoms with E-state index in [2.05, 4.69) is 0 Å². The summed E-state index contributed by atoms with van der Waals surface area (Å²) in [5.74, 6) is 0. The Kier molecular flexibility index (Phi) is 6.72. The Hall–Kier alpha value is -1.81. The highest BCUT2D eigenvalue weighted by molar-refractivity contribution is 7.93. The van der Waals surface area contributed by atoms with Gasteiger partial charge in [0.15, 0.2) is 0 Å². The van der Waals surface area contributed by atoms with E-state index in [1.165, 1.54) is 0 Å². The second-order valence-electron chi connectivity index (χ2n) is 6.51. The van der Waals surface area contributed by atoms with Crippen LogP contribution in [0.1, 0.15) is 5.56 Å². The molecule has 0 saturated carbocycles. The molecule has 0 aliphatic carbocycles. The molecule has 158 valence electrons. The van der Waals surface area contributed by atoms with Crippen molar-refractivity contribution in [1.82, 2.24) is 4.90 Å². The number of nitrogens with zero attached hydrogens (tertiary/aromatic N) is 2. The molecule has 0 amide bonds. The molecule has 0 atom stereocenters. The predicted molar refractivity (Wildman–Crippen MR) is 105 cm³/mol. The van der Waals surface area contributed by atoms with E-state index in [0.29, 0.717) is 44.6 Å². The Labute approximate surface area is 172 Å². The lowest BCUT2D eigenvalue weighted by Gasteiger charge is -2.31. The van der Waals surface area contributed by atoms with Crippen LogP contribution in [0, 0.1) is 0 Å². The van der Waals surface area contributed by atoms with Gasteiger partial charge in [0, 0.05) is 26.2 Å². The fraction of sp³-hybridized carbons (Fsp3) is 0.368. The molecule has 2 aromatic carbocycles. The highest BCUT2D eigenvalue weighted by Crippen LogP contribution is 2.35. The quantitative estimate of drug-likeness (QED) is 0.673. The minimum absolute atomic E-state index is 0.0684. The van der Waals surface area contributed by atoms with Crippen LogP contribution in [0.3, 0.4) is 0 Å². The lowest BCUT2D eigenvalue weighted by Crippen LogP contribution is -2.43. The second kappa shape index (κ2) is 8.91. The molecule has 0 N–H and O–H groups in total. The molecule has 1 fully saturated rings. The third kappa shape index (κ3) is 5.22. The second-order valence-corrected chi connectivity index (χ2v) is 8.75. The topological polar surface area (TPSA) is 49.9 Å². The zero-order chi connectivity index (χ0) is 21.1. The van der Waals surface area contributed by atoms with Crippen LogP contribution in [-0.4, -0.2) is 52.7 Å². The molecule has 1 aliphatic rings. The van der Waals surface area contributed by atoms with E-state index in [0.717, 1.165) is 16.4 Å². The molecule has 29 heavy (non-hydrogen) atoms. The average Bonchev–Trinajstić information content (AvgIpc) is 2.69. The summed E-state index contributed by atoms with van der Waals surface area (Å²) >= 11 is 6.01. The van der Waals surface area contributed by atoms with Gasteiger partial charge in [0.2, 0.25) is 0 Å². The Morgan fingerprint density at radius 3 is 2.34 bits per heavy atom. The van der Waals surface area contributed by atoms with E-state index in [9.17, 15) is 21.6 Å². The molecule has 2 aromatic rings. The van der Waals surface area contributed by atoms with Gasteiger partial charge in [-0.15, -0.1) is 0 Å². The Balaban J connectivity index is 1.97. The summed E-state index contributed by atoms with van der Waals surface area (Å²) in [6.07, 6.45) is -4.68. The van der Waals surface area contributed by atoms with Gasteiger partial charge in [-0.2, -0.15) is 13.2 Å². The van der Waals surface area contributed by atoms with Crippen LogP contribution in [0.15, 0.2) is 53.4 Å². The largest absolute Gasteiger partial charge is 0.416 e. The highest BCUT2D eigenvalue weighted by Gasteiger charge is 2.34. The van der Waals surface area contributed by atoms with E-state index in [1.807, 2.05) is 4.90 Å². The normalized spacial score (nSPS) is 16.0. The van der Waals surface area contributed by atoms with Crippen molar-refractivity contribution in [2.45, 2.75) is 11.1 Å². The standard InChI is InChI=1S/C19H20ClF3N2O3S/c20-17-7-6-15(19(21,22)23)14-18(17)29(26,27)25(16-4-2-1-3-5-16)9-8-24-10-12-28-13-11-24/h1-7,14H,8-13H2. The van der Waals surface area contributed by atoms with Crippen molar-refractivity contribution < 1.29 is 26.3 Å². The Morgan fingerprint density at radius 1 is 1.07 bits per heavy atom. The van der Waals surface area contributed by atoms with Crippen LogP contribution < -0.4 is 4.31 Å². The van der Waals surface area contributed by atoms with Crippen molar-refractivity contribution in [3.05, 3.63) is 59.1 Å². The number of morpholine rings is 1. The minimum atomic E-state index is -4.68. The molecular formula is C19H20ClF3N2O3S. The highest BCUT2D eigenvalue weighted by atomic mass is 35.5. The van der Waals surface area contributed by atoms with E-state index < -0.39 is 26.7 Å². The van der Waals surface area contributed by atoms with Crippen molar-refractivity contribution >= 4 is 27.3 Å². The summed E-state index contributed by atoms with van der Waals surface area (Å²) in [6.45, 7) is 2.90. The first-order valence-electron chi connectivity index (χ1n) is 8.94. The number of sulfonamides is 1. The molecule has 5 nitrogen and oxygen atoms in total. The van der Waals surface area contributed by atoms with Crippen LogP contribution >= 0.6 is 11.6 Å². The summed E-state index contributed by atoms with van der Waals surface area (Å²) in [4.78, 5) is 1.47. The zero-order valence-electron chi connectivity index (χ0n) is 15.4. The maximum Gasteiger partial charge on any atom is 0.416 e. The van der Waals surface area contributed by atoms with E-state index in [-0.39, 0.29) is 11.6 Å². The lowest BCUT2D eigenvalue weighted by molar-refractivity contribution is -0.137. The van der Waals surface area contributed by atoms with Gasteiger partial charge < -0.3 is 4.74 Å². The number of ether oxygens (including phenoxy) is 1. The van der Waals surface area contributed by atoms with Crippen LogP contribution in [0.5, 0.6) is 0 Å². The number of anilines is 1. The third-order valence-corrected chi connectivity index (χ3v) is 6.90. The molecule has 0 radical (unpaired) electrons. The fourth-order valence-electron chi connectivity index (χ4n) is 3.04. The monoisotopic (exact) mass is 448 g/mol. The van der Waals surface area contributed by atoms with Crippen LogP contribution in [-0.2, 0) is 20.9 Å². The molecule has 0 aromatic heterocycles. The Bertz CT molecular complexity index is 933. The van der Waals surface area contributed by atoms with Crippen molar-refractivity contribution in [2.24, 2.45) is 0 Å². The third-order valence-electron chi connectivity index (χ3n) is 4.59. The van der Waals surface area contributed by atoms with E-state index >= 15 is 0 Å². The Morgan fingerprint density at radius 2 is 1.72 bits per heavy atom. The van der Waals surface area contributed by atoms with Gasteiger partial charge in [0.25, 0.3) is 10.0 Å². The zero-order valence-corrected chi connectivity index (χ0v) is 17.0. The predicted octanol–water partition coefficient (Wildman–Crippen LogP) is 3.89. The first-order chi connectivity index (χ1) is 13.7. The van der Waals surface area contributed by atoms with Crippen molar-refractivity contribution in [2.75, 3.05) is 43.7 Å². The smallest absolute Gasteiger partial charge is 0.379 e. The summed E-state index contributed by atoms with van der Waals surface area (Å²) in [6, 6.07) is 10.6. The summed E-state index contributed by atoms with van der Waals surface area (Å²) in [5, 5.41) is -0.259. The van der Waals surface area contributed by atoms with Crippen molar-refractivity contribution in [3.63, 3.8) is 0 Å². The summed E-state index contributed by atoms with van der Waals surface area (Å²) < 4.78 is 72.5. The number of hydrogen-bond acceptors (Lipinski definition) is 4. The number of para-hydroxylation sites is 1. The van der Waals surface area contributed by atoms with Gasteiger partial charge in [0.05, 0.1) is 29.5 Å². The molecule has 0 bridgehead atoms. The van der Waals surface area contributed by atoms with Crippen molar-refractivity contribution in [3.8, 4) is 0 Å². The molecule has 1 aliphatic heterocycles. The van der Waals surface area contributed by atoms with Gasteiger partial charge in [-0.05, 0) is 30.3 Å². The molecule has 0 spiro atoms. The average molecular weight is 449 g/mol. The van der Waals surface area contributed by atoms with Gasteiger partial charge in [0.1, 0.15) is 4.90 Å². The van der Waals surface area contributed by atoms with Gasteiger partial charge in [-0.3, -0.25) is 9.21 Å². The first-order valence-corrected chi connectivity index (χ1v) is 10.8. The van der Waals surface area contributed by atoms with Gasteiger partial charge in [-0.25, -0.2) is 8.42 Å². The van der Waals surface area contributed by atoms with Gasteiger partial charge in [-0.1, -0.05) is 29.8 Å². The van der Waals surface area contributed by atoms with Crippen molar-refractivity contribution in [1.29, 1.82) is 0 Å². The van der Waals surface area contributed by atoms with Crippen LogP contribution in [0.4, 0.5) is 18.9 Å². The number of rotatable bonds is 6. The number of alkyl halides is 3.